The van der Waals surface area contributed by atoms with Crippen LogP contribution in [0, 0.1) is 0 Å². The normalized spacial score (nSPS) is 13.5. The van der Waals surface area contributed by atoms with Gasteiger partial charge in [0.05, 0.1) is 20.1 Å². The number of anilines is 1. The topological polar surface area (TPSA) is 67.9 Å². The number of hydrogen-bond donors (Lipinski definition) is 1. The molecule has 6 nitrogen and oxygen atoms in total. The molecule has 1 fully saturated rings. The molecular weight excluding hydrogens is 356 g/mol. The molecule has 2 amide bonds. The van der Waals surface area contributed by atoms with Crippen LogP contribution >= 0.6 is 0 Å². The highest BCUT2D eigenvalue weighted by atomic mass is 16.5. The smallest absolute Gasteiger partial charge is 0.227 e. The molecule has 0 atom stereocenters. The Kier molecular flexibility index (Phi) is 6.89. The van der Waals surface area contributed by atoms with E-state index in [2.05, 4.69) is 5.32 Å². The number of methoxy groups -OCH3 is 1. The van der Waals surface area contributed by atoms with Crippen molar-refractivity contribution >= 4 is 17.5 Å². The first-order valence-corrected chi connectivity index (χ1v) is 9.58. The monoisotopic (exact) mass is 382 g/mol. The number of nitrogens with one attached hydrogen (secondary N) is 1. The summed E-state index contributed by atoms with van der Waals surface area (Å²) in [6, 6.07) is 15.1. The summed E-state index contributed by atoms with van der Waals surface area (Å²) in [6.07, 6.45) is 2.58. The number of carbonyl (C=O) groups is 2. The molecule has 0 bridgehead atoms. The molecule has 2 aromatic rings. The van der Waals surface area contributed by atoms with Crippen molar-refractivity contribution in [3.8, 4) is 11.5 Å². The minimum atomic E-state index is -0.0190. The number of ether oxygens (including phenoxy) is 2. The summed E-state index contributed by atoms with van der Waals surface area (Å²) in [5.41, 5.74) is 1.84. The Hall–Kier alpha value is -3.02. The molecule has 2 aromatic carbocycles. The standard InChI is InChI=1S/C22H26N2O4/c1-27-19-9-11-20(12-10-19)28-15-3-13-23-21(25)16-17-5-7-18(8-6-17)24-14-2-4-22(24)26/h5-12H,2-4,13-16H2,1H3,(H,23,25). The molecule has 0 aliphatic carbocycles. The Labute approximate surface area is 165 Å². The van der Waals surface area contributed by atoms with Crippen LogP contribution in [0.1, 0.15) is 24.8 Å². The van der Waals surface area contributed by atoms with E-state index in [4.69, 9.17) is 9.47 Å². The van der Waals surface area contributed by atoms with Crippen LogP contribution in [0.15, 0.2) is 48.5 Å². The molecule has 6 heteroatoms. The van der Waals surface area contributed by atoms with Crippen molar-refractivity contribution in [3.63, 3.8) is 0 Å². The lowest BCUT2D eigenvalue weighted by Crippen LogP contribution is -2.27. The molecule has 28 heavy (non-hydrogen) atoms. The SMILES string of the molecule is COc1ccc(OCCCNC(=O)Cc2ccc(N3CCCC3=O)cc2)cc1. The first-order chi connectivity index (χ1) is 13.7. The van der Waals surface area contributed by atoms with Crippen LogP contribution in [-0.2, 0) is 16.0 Å². The Balaban J connectivity index is 1.34. The second-order valence-electron chi connectivity index (χ2n) is 6.72. The quantitative estimate of drug-likeness (QED) is 0.677. The summed E-state index contributed by atoms with van der Waals surface area (Å²) >= 11 is 0. The number of nitrogens with zero attached hydrogens (tertiary/aromatic N) is 1. The van der Waals surface area contributed by atoms with Gasteiger partial charge in [-0.3, -0.25) is 9.59 Å². The Morgan fingerprint density at radius 2 is 1.79 bits per heavy atom. The van der Waals surface area contributed by atoms with E-state index in [1.165, 1.54) is 0 Å². The van der Waals surface area contributed by atoms with Crippen molar-refractivity contribution < 1.29 is 19.1 Å². The van der Waals surface area contributed by atoms with Gasteiger partial charge in [-0.15, -0.1) is 0 Å². The van der Waals surface area contributed by atoms with Gasteiger partial charge >= 0.3 is 0 Å². The van der Waals surface area contributed by atoms with E-state index in [0.29, 0.717) is 26.0 Å². The number of amides is 2. The molecule has 1 heterocycles. The Morgan fingerprint density at radius 3 is 2.43 bits per heavy atom. The third-order valence-electron chi connectivity index (χ3n) is 4.66. The van der Waals surface area contributed by atoms with Crippen LogP contribution in [0.4, 0.5) is 5.69 Å². The van der Waals surface area contributed by atoms with Gasteiger partial charge in [0.2, 0.25) is 11.8 Å². The van der Waals surface area contributed by atoms with Crippen LogP contribution in [0.2, 0.25) is 0 Å². The zero-order valence-corrected chi connectivity index (χ0v) is 16.1. The third kappa shape index (κ3) is 5.49. The molecule has 0 radical (unpaired) electrons. The lowest BCUT2D eigenvalue weighted by atomic mass is 10.1. The maximum Gasteiger partial charge on any atom is 0.227 e. The molecule has 1 saturated heterocycles. The van der Waals surface area contributed by atoms with Gasteiger partial charge in [0, 0.05) is 25.2 Å². The average molecular weight is 382 g/mol. The van der Waals surface area contributed by atoms with Crippen LogP contribution in [0.5, 0.6) is 11.5 Å². The van der Waals surface area contributed by atoms with Gasteiger partial charge in [-0.1, -0.05) is 12.1 Å². The van der Waals surface area contributed by atoms with Gasteiger partial charge in [0.25, 0.3) is 0 Å². The zero-order chi connectivity index (χ0) is 19.8. The summed E-state index contributed by atoms with van der Waals surface area (Å²) in [5.74, 6) is 1.72. The van der Waals surface area contributed by atoms with E-state index in [1.807, 2.05) is 48.5 Å². The van der Waals surface area contributed by atoms with Gasteiger partial charge in [-0.25, -0.2) is 0 Å². The van der Waals surface area contributed by atoms with Gasteiger partial charge in [0.1, 0.15) is 11.5 Å². The number of rotatable bonds is 9. The molecule has 1 N–H and O–H groups in total. The molecule has 0 unspecified atom stereocenters. The summed E-state index contributed by atoms with van der Waals surface area (Å²) in [5, 5.41) is 2.91. The van der Waals surface area contributed by atoms with Crippen LogP contribution in [0.3, 0.4) is 0 Å². The molecule has 1 aliphatic rings. The highest BCUT2D eigenvalue weighted by molar-refractivity contribution is 5.95. The van der Waals surface area contributed by atoms with Crippen molar-refractivity contribution in [2.75, 3.05) is 31.7 Å². The first-order valence-electron chi connectivity index (χ1n) is 9.58. The fourth-order valence-electron chi connectivity index (χ4n) is 3.12. The highest BCUT2D eigenvalue weighted by Crippen LogP contribution is 2.21. The molecule has 0 saturated carbocycles. The predicted molar refractivity (Wildman–Crippen MR) is 108 cm³/mol. The third-order valence-corrected chi connectivity index (χ3v) is 4.66. The molecule has 148 valence electrons. The van der Waals surface area contributed by atoms with E-state index in [9.17, 15) is 9.59 Å². The van der Waals surface area contributed by atoms with Gasteiger partial charge < -0.3 is 19.7 Å². The van der Waals surface area contributed by atoms with Gasteiger partial charge in [-0.05, 0) is 54.8 Å². The summed E-state index contributed by atoms with van der Waals surface area (Å²) in [4.78, 5) is 25.7. The van der Waals surface area contributed by atoms with Crippen molar-refractivity contribution in [3.05, 3.63) is 54.1 Å². The Bertz CT molecular complexity index is 787. The van der Waals surface area contributed by atoms with E-state index >= 15 is 0 Å². The summed E-state index contributed by atoms with van der Waals surface area (Å²) in [6.45, 7) is 1.87. The van der Waals surface area contributed by atoms with Gasteiger partial charge in [0.15, 0.2) is 0 Å². The molecular formula is C22H26N2O4. The predicted octanol–water partition coefficient (Wildman–Crippen LogP) is 2.95. The molecule has 0 spiro atoms. The fraction of sp³-hybridized carbons (Fsp3) is 0.364. The second kappa shape index (κ2) is 9.78. The van der Waals surface area contributed by atoms with E-state index in [1.54, 1.807) is 12.0 Å². The number of benzene rings is 2. The highest BCUT2D eigenvalue weighted by Gasteiger charge is 2.21. The maximum atomic E-state index is 12.1. The lowest BCUT2D eigenvalue weighted by Gasteiger charge is -2.15. The van der Waals surface area contributed by atoms with Crippen molar-refractivity contribution in [1.29, 1.82) is 0 Å². The van der Waals surface area contributed by atoms with Crippen molar-refractivity contribution in [1.82, 2.24) is 5.32 Å². The Morgan fingerprint density at radius 1 is 1.07 bits per heavy atom. The molecule has 0 aromatic heterocycles. The van der Waals surface area contributed by atoms with E-state index < -0.39 is 0 Å². The molecule has 1 aliphatic heterocycles. The van der Waals surface area contributed by atoms with E-state index in [-0.39, 0.29) is 11.8 Å². The van der Waals surface area contributed by atoms with E-state index in [0.717, 1.165) is 42.1 Å². The van der Waals surface area contributed by atoms with Gasteiger partial charge in [-0.2, -0.15) is 0 Å². The van der Waals surface area contributed by atoms with Crippen LogP contribution in [-0.4, -0.2) is 38.6 Å². The lowest BCUT2D eigenvalue weighted by molar-refractivity contribution is -0.120. The largest absolute Gasteiger partial charge is 0.497 e. The first kappa shape index (κ1) is 19.7. The van der Waals surface area contributed by atoms with Crippen molar-refractivity contribution in [2.24, 2.45) is 0 Å². The number of hydrogen-bond acceptors (Lipinski definition) is 4. The van der Waals surface area contributed by atoms with Crippen LogP contribution < -0.4 is 19.7 Å². The zero-order valence-electron chi connectivity index (χ0n) is 16.1. The number of carbonyl (C=O) groups excluding carboxylic acids is 2. The summed E-state index contributed by atoms with van der Waals surface area (Å²) in [7, 11) is 1.63. The second-order valence-corrected chi connectivity index (χ2v) is 6.72. The van der Waals surface area contributed by atoms with Crippen LogP contribution in [0.25, 0.3) is 0 Å². The fourth-order valence-corrected chi connectivity index (χ4v) is 3.12. The minimum Gasteiger partial charge on any atom is -0.497 e. The molecule has 3 rings (SSSR count). The maximum absolute atomic E-state index is 12.1. The summed E-state index contributed by atoms with van der Waals surface area (Å²) < 4.78 is 10.7. The van der Waals surface area contributed by atoms with Crippen molar-refractivity contribution in [2.45, 2.75) is 25.7 Å². The average Bonchev–Trinajstić information content (AvgIpc) is 3.14. The minimum absolute atomic E-state index is 0.0190.